The van der Waals surface area contributed by atoms with Crippen molar-refractivity contribution >= 4 is 39.5 Å². The standard InChI is InChI=1S/C77H150O17P2/c1-8-9-10-11-12-36-44-51-58-74(79)87-65-73(94-77(82)61-54-47-40-39-43-50-57-70(6)7)67-92-96(85,86)90-63-71(78)62-89-95(83,84)91-66-72(64-88-75(80)59-52-45-37-32-28-24-21-17-19-23-27-31-35-42-49-56-69(4)5)93-76(81)60-53-46-38-33-29-25-20-16-14-13-15-18-22-26-30-34-41-48-55-68(2)3/h68-73,78H,8-67H2,1-7H3,(H,83,84)(H,85,86)/t71-,72-,73-/m1/s1. The molecule has 0 aromatic heterocycles. The number of carbonyl (C=O) groups is 4. The zero-order valence-corrected chi connectivity index (χ0v) is 64.6. The Morgan fingerprint density at radius 1 is 0.281 bits per heavy atom. The molecule has 0 rings (SSSR count). The molecule has 0 aliphatic heterocycles. The van der Waals surface area contributed by atoms with E-state index in [0.29, 0.717) is 31.6 Å². The van der Waals surface area contributed by atoms with Gasteiger partial charge < -0.3 is 33.8 Å². The number of phosphoric acid groups is 2. The first-order valence-corrected chi connectivity index (χ1v) is 42.8. The third-order valence-electron chi connectivity index (χ3n) is 17.9. The van der Waals surface area contributed by atoms with Crippen LogP contribution in [-0.4, -0.2) is 96.7 Å². The van der Waals surface area contributed by atoms with Crippen molar-refractivity contribution in [3.8, 4) is 0 Å². The Bertz CT molecular complexity index is 1870. The van der Waals surface area contributed by atoms with Crippen LogP contribution >= 0.6 is 15.6 Å². The van der Waals surface area contributed by atoms with E-state index in [1.807, 2.05) is 0 Å². The number of ether oxygens (including phenoxy) is 4. The van der Waals surface area contributed by atoms with E-state index in [1.54, 1.807) is 0 Å². The predicted octanol–water partition coefficient (Wildman–Crippen LogP) is 22.6. The molecule has 3 N–H and O–H groups in total. The average molecular weight is 1410 g/mol. The quantitative estimate of drug-likeness (QED) is 0.0222. The number of hydrogen-bond acceptors (Lipinski definition) is 15. The fourth-order valence-electron chi connectivity index (χ4n) is 11.8. The fraction of sp³-hybridized carbons (Fsp3) is 0.948. The maximum absolute atomic E-state index is 13.1. The number of esters is 4. The maximum Gasteiger partial charge on any atom is 0.472 e. The van der Waals surface area contributed by atoms with Crippen molar-refractivity contribution in [2.24, 2.45) is 17.8 Å². The zero-order valence-electron chi connectivity index (χ0n) is 62.8. The fourth-order valence-corrected chi connectivity index (χ4v) is 13.4. The van der Waals surface area contributed by atoms with Gasteiger partial charge in [-0.3, -0.25) is 37.3 Å². The molecular formula is C77H150O17P2. The summed E-state index contributed by atoms with van der Waals surface area (Å²) >= 11 is 0. The molecular weight excluding hydrogens is 1260 g/mol. The minimum Gasteiger partial charge on any atom is -0.462 e. The van der Waals surface area contributed by atoms with Crippen LogP contribution < -0.4 is 0 Å². The lowest BCUT2D eigenvalue weighted by Crippen LogP contribution is -2.30. The topological polar surface area (TPSA) is 237 Å². The second kappa shape index (κ2) is 67.5. The van der Waals surface area contributed by atoms with Crippen molar-refractivity contribution in [2.75, 3.05) is 39.6 Å². The molecule has 0 saturated heterocycles. The van der Waals surface area contributed by atoms with Gasteiger partial charge in [0.15, 0.2) is 12.2 Å². The number of unbranched alkanes of at least 4 members (excludes halogenated alkanes) is 43. The number of aliphatic hydroxyl groups is 1. The summed E-state index contributed by atoms with van der Waals surface area (Å²) in [5.74, 6) is 0.172. The summed E-state index contributed by atoms with van der Waals surface area (Å²) < 4.78 is 68.4. The van der Waals surface area contributed by atoms with Crippen molar-refractivity contribution in [3.05, 3.63) is 0 Å². The van der Waals surface area contributed by atoms with Gasteiger partial charge >= 0.3 is 39.5 Å². The van der Waals surface area contributed by atoms with Gasteiger partial charge in [-0.25, -0.2) is 9.13 Å². The molecule has 96 heavy (non-hydrogen) atoms. The summed E-state index contributed by atoms with van der Waals surface area (Å²) in [6, 6.07) is 0. The van der Waals surface area contributed by atoms with Crippen LogP contribution in [0.4, 0.5) is 0 Å². The molecule has 19 heteroatoms. The van der Waals surface area contributed by atoms with E-state index in [2.05, 4.69) is 48.5 Å². The van der Waals surface area contributed by atoms with E-state index < -0.39 is 97.5 Å². The number of carbonyl (C=O) groups excluding carboxylic acids is 4. The molecule has 17 nitrogen and oxygen atoms in total. The molecule has 0 aliphatic carbocycles. The maximum atomic E-state index is 13.1. The largest absolute Gasteiger partial charge is 0.472 e. The van der Waals surface area contributed by atoms with Crippen molar-refractivity contribution in [1.29, 1.82) is 0 Å². The molecule has 5 atom stereocenters. The second-order valence-corrected chi connectivity index (χ2v) is 32.1. The van der Waals surface area contributed by atoms with E-state index in [1.165, 1.54) is 199 Å². The monoisotopic (exact) mass is 1410 g/mol. The summed E-state index contributed by atoms with van der Waals surface area (Å²) in [4.78, 5) is 72.6. The van der Waals surface area contributed by atoms with Gasteiger partial charge in [0.25, 0.3) is 0 Å². The molecule has 0 aromatic rings. The summed E-state index contributed by atoms with van der Waals surface area (Å²) in [5, 5.41) is 10.6. The Kier molecular flexibility index (Phi) is 66.2. The number of aliphatic hydroxyl groups excluding tert-OH is 1. The number of rotatable bonds is 75. The number of phosphoric ester groups is 2. The molecule has 570 valence electrons. The third-order valence-corrected chi connectivity index (χ3v) is 19.8. The first-order valence-electron chi connectivity index (χ1n) is 39.8. The molecule has 0 aromatic carbocycles. The Hall–Kier alpha value is -1.94. The Balaban J connectivity index is 5.16. The van der Waals surface area contributed by atoms with Crippen LogP contribution in [0.3, 0.4) is 0 Å². The zero-order chi connectivity index (χ0) is 70.9. The summed E-state index contributed by atoms with van der Waals surface area (Å²) in [5.41, 5.74) is 0. The normalized spacial score (nSPS) is 14.1. The lowest BCUT2D eigenvalue weighted by atomic mass is 10.0. The van der Waals surface area contributed by atoms with Gasteiger partial charge in [-0.1, -0.05) is 344 Å². The van der Waals surface area contributed by atoms with Crippen LogP contribution in [0, 0.1) is 17.8 Å². The molecule has 0 amide bonds. The van der Waals surface area contributed by atoms with E-state index in [0.717, 1.165) is 108 Å². The first-order chi connectivity index (χ1) is 46.2. The average Bonchev–Trinajstić information content (AvgIpc) is 1.31. The van der Waals surface area contributed by atoms with Crippen LogP contribution in [0.1, 0.15) is 395 Å². The van der Waals surface area contributed by atoms with Crippen molar-refractivity contribution in [3.63, 3.8) is 0 Å². The summed E-state index contributed by atoms with van der Waals surface area (Å²) in [6.45, 7) is 11.8. The Labute approximate surface area is 588 Å². The number of hydrogen-bond donors (Lipinski definition) is 3. The third kappa shape index (κ3) is 70.5. The van der Waals surface area contributed by atoms with Crippen LogP contribution in [0.25, 0.3) is 0 Å². The second-order valence-electron chi connectivity index (χ2n) is 29.2. The SMILES string of the molecule is CCCCCCCCCCC(=O)OC[C@H](COP(=O)(O)OC[C@H](O)COP(=O)(O)OC[C@@H](COC(=O)CCCCCCCCCCCCCCCCCC(C)C)OC(=O)CCCCCCCCCCCCCCCCCCCCC(C)C)OC(=O)CCCCCCCCC(C)C. The van der Waals surface area contributed by atoms with Crippen LogP contribution in [0.5, 0.6) is 0 Å². The first kappa shape index (κ1) is 94.1. The Morgan fingerprint density at radius 2 is 0.479 bits per heavy atom. The van der Waals surface area contributed by atoms with Crippen molar-refractivity contribution in [1.82, 2.24) is 0 Å². The van der Waals surface area contributed by atoms with Gasteiger partial charge in [0.2, 0.25) is 0 Å². The van der Waals surface area contributed by atoms with Gasteiger partial charge in [-0.05, 0) is 43.4 Å². The van der Waals surface area contributed by atoms with Gasteiger partial charge in [-0.2, -0.15) is 0 Å². The van der Waals surface area contributed by atoms with Gasteiger partial charge in [0, 0.05) is 25.7 Å². The van der Waals surface area contributed by atoms with Gasteiger partial charge in [-0.15, -0.1) is 0 Å². The highest BCUT2D eigenvalue weighted by molar-refractivity contribution is 7.47. The lowest BCUT2D eigenvalue weighted by molar-refractivity contribution is -0.161. The highest BCUT2D eigenvalue weighted by atomic mass is 31.2. The highest BCUT2D eigenvalue weighted by Crippen LogP contribution is 2.45. The van der Waals surface area contributed by atoms with Crippen molar-refractivity contribution in [2.45, 2.75) is 414 Å². The van der Waals surface area contributed by atoms with Gasteiger partial charge in [0.05, 0.1) is 26.4 Å². The van der Waals surface area contributed by atoms with E-state index >= 15 is 0 Å². The van der Waals surface area contributed by atoms with E-state index in [-0.39, 0.29) is 25.7 Å². The van der Waals surface area contributed by atoms with Gasteiger partial charge in [0.1, 0.15) is 19.3 Å². The van der Waals surface area contributed by atoms with Crippen LogP contribution in [0.15, 0.2) is 0 Å². The molecule has 0 radical (unpaired) electrons. The molecule has 0 spiro atoms. The summed E-state index contributed by atoms with van der Waals surface area (Å²) in [7, 11) is -9.91. The predicted molar refractivity (Wildman–Crippen MR) is 391 cm³/mol. The smallest absolute Gasteiger partial charge is 0.462 e. The molecule has 0 aliphatic rings. The molecule has 0 fully saturated rings. The van der Waals surface area contributed by atoms with E-state index in [4.69, 9.17) is 37.0 Å². The lowest BCUT2D eigenvalue weighted by Gasteiger charge is -2.21. The van der Waals surface area contributed by atoms with E-state index in [9.17, 15) is 43.2 Å². The Morgan fingerprint density at radius 3 is 0.708 bits per heavy atom. The molecule has 0 bridgehead atoms. The molecule has 2 unspecified atom stereocenters. The molecule has 0 heterocycles. The molecule has 0 saturated carbocycles. The summed E-state index contributed by atoms with van der Waals surface area (Å²) in [6.07, 6.45) is 54.5. The van der Waals surface area contributed by atoms with Crippen molar-refractivity contribution < 1.29 is 80.2 Å². The van der Waals surface area contributed by atoms with Crippen LogP contribution in [0.2, 0.25) is 0 Å². The minimum absolute atomic E-state index is 0.102. The van der Waals surface area contributed by atoms with Crippen LogP contribution in [-0.2, 0) is 65.4 Å². The highest BCUT2D eigenvalue weighted by Gasteiger charge is 2.30. The minimum atomic E-state index is -4.96.